The highest BCUT2D eigenvalue weighted by Gasteiger charge is 2.15. The van der Waals surface area contributed by atoms with Crippen LogP contribution in [0.25, 0.3) is 11.4 Å². The maximum atomic E-state index is 12.2. The molecule has 9 nitrogen and oxygen atoms in total. The molecular formula is C35H33BrClN3O6. The second-order valence-electron chi connectivity index (χ2n) is 10.2. The Kier molecular flexibility index (Phi) is 12.3. The number of ether oxygens (including phenoxy) is 2. The standard InChI is InChI=1S/C19H20BrNO4.C16H13ClN2O2/c1-3-12(2)14-6-4-5-7-17(14)25-11-18(22)21-16-9-8-13(20)10-15(16)19(23)24;1-20-14-5-3-2-4-12(14)10-15-18-16(19-21-15)11-6-8-13(17)9-7-11/h4-10,12H,3,11H2,1-2H3,(H,21,22)(H,23,24);2-9H,10H2,1H3. The number of aromatic nitrogens is 2. The van der Waals surface area contributed by atoms with Crippen molar-refractivity contribution in [2.24, 2.45) is 0 Å². The summed E-state index contributed by atoms with van der Waals surface area (Å²) in [6, 6.07) is 27.3. The lowest BCUT2D eigenvalue weighted by atomic mass is 9.98. The predicted molar refractivity (Wildman–Crippen MR) is 181 cm³/mol. The van der Waals surface area contributed by atoms with Crippen molar-refractivity contribution in [3.8, 4) is 22.9 Å². The van der Waals surface area contributed by atoms with Crippen molar-refractivity contribution < 1.29 is 28.7 Å². The lowest BCUT2D eigenvalue weighted by molar-refractivity contribution is -0.118. The number of carboxylic acid groups (broad SMARTS) is 1. The van der Waals surface area contributed by atoms with E-state index in [2.05, 4.69) is 45.2 Å². The van der Waals surface area contributed by atoms with Crippen LogP contribution in [0.4, 0.5) is 5.69 Å². The van der Waals surface area contributed by atoms with Crippen molar-refractivity contribution in [3.05, 3.63) is 123 Å². The van der Waals surface area contributed by atoms with Crippen molar-refractivity contribution in [1.82, 2.24) is 10.1 Å². The van der Waals surface area contributed by atoms with E-state index in [1.807, 2.05) is 60.7 Å². The summed E-state index contributed by atoms with van der Waals surface area (Å²) in [7, 11) is 1.64. The molecule has 1 aromatic heterocycles. The molecule has 11 heteroatoms. The third-order valence-electron chi connectivity index (χ3n) is 7.01. The number of amides is 1. The zero-order valence-corrected chi connectivity index (χ0v) is 27.8. The molecule has 0 fully saturated rings. The Hall–Kier alpha value is -4.67. The monoisotopic (exact) mass is 705 g/mol. The SMILES string of the molecule is CCC(C)c1ccccc1OCC(=O)Nc1ccc(Br)cc1C(=O)O.COc1ccccc1Cc1nc(-c2ccc(Cl)cc2)no1. The van der Waals surface area contributed by atoms with Gasteiger partial charge in [-0.2, -0.15) is 4.98 Å². The molecule has 0 radical (unpaired) electrons. The predicted octanol–water partition coefficient (Wildman–Crippen LogP) is 8.67. The molecule has 0 spiro atoms. The molecule has 238 valence electrons. The van der Waals surface area contributed by atoms with Gasteiger partial charge >= 0.3 is 5.97 Å². The molecule has 0 bridgehead atoms. The Labute approximate surface area is 280 Å². The van der Waals surface area contributed by atoms with Crippen LogP contribution in [0.1, 0.15) is 53.6 Å². The third kappa shape index (κ3) is 9.42. The summed E-state index contributed by atoms with van der Waals surface area (Å²) in [5.41, 5.74) is 3.18. The van der Waals surface area contributed by atoms with Gasteiger partial charge in [0.15, 0.2) is 6.61 Å². The normalized spacial score (nSPS) is 11.2. The Morgan fingerprint density at radius 2 is 1.70 bits per heavy atom. The van der Waals surface area contributed by atoms with Crippen molar-refractivity contribution >= 4 is 45.1 Å². The van der Waals surface area contributed by atoms with Gasteiger partial charge in [-0.3, -0.25) is 4.79 Å². The molecule has 4 aromatic carbocycles. The zero-order chi connectivity index (χ0) is 33.1. The fourth-order valence-electron chi connectivity index (χ4n) is 4.43. The molecule has 1 heterocycles. The molecule has 1 unspecified atom stereocenters. The summed E-state index contributed by atoms with van der Waals surface area (Å²) in [4.78, 5) is 27.8. The largest absolute Gasteiger partial charge is 0.496 e. The van der Waals surface area contributed by atoms with Crippen LogP contribution < -0.4 is 14.8 Å². The topological polar surface area (TPSA) is 124 Å². The fourth-order valence-corrected chi connectivity index (χ4v) is 4.91. The van der Waals surface area contributed by atoms with Crippen LogP contribution >= 0.6 is 27.5 Å². The average Bonchev–Trinajstić information content (AvgIpc) is 3.53. The molecule has 5 aromatic rings. The van der Waals surface area contributed by atoms with Gasteiger partial charge in [0.25, 0.3) is 5.91 Å². The highest BCUT2D eigenvalue weighted by molar-refractivity contribution is 9.10. The first-order valence-electron chi connectivity index (χ1n) is 14.4. The molecule has 2 N–H and O–H groups in total. The van der Waals surface area contributed by atoms with E-state index in [4.69, 9.17) is 25.6 Å². The number of methoxy groups -OCH3 is 1. The maximum absolute atomic E-state index is 12.2. The zero-order valence-electron chi connectivity index (χ0n) is 25.5. The Morgan fingerprint density at radius 1 is 1.00 bits per heavy atom. The Bertz CT molecular complexity index is 1780. The summed E-state index contributed by atoms with van der Waals surface area (Å²) in [5, 5.41) is 16.5. The second kappa shape index (κ2) is 16.6. The summed E-state index contributed by atoms with van der Waals surface area (Å²) >= 11 is 9.09. The van der Waals surface area contributed by atoms with Gasteiger partial charge in [-0.05, 0) is 72.5 Å². The lowest BCUT2D eigenvalue weighted by Gasteiger charge is -2.15. The first kappa shape index (κ1) is 34.2. The van der Waals surface area contributed by atoms with Gasteiger partial charge in [0.2, 0.25) is 11.7 Å². The molecule has 5 rings (SSSR count). The van der Waals surface area contributed by atoms with Gasteiger partial charge in [-0.15, -0.1) is 0 Å². The molecule has 1 amide bonds. The van der Waals surface area contributed by atoms with E-state index in [0.717, 1.165) is 28.9 Å². The molecule has 1 atom stereocenters. The quantitative estimate of drug-likeness (QED) is 0.140. The van der Waals surface area contributed by atoms with Crippen LogP contribution in [0.3, 0.4) is 0 Å². The maximum Gasteiger partial charge on any atom is 0.337 e. The van der Waals surface area contributed by atoms with Gasteiger partial charge in [0, 0.05) is 20.6 Å². The van der Waals surface area contributed by atoms with E-state index in [0.29, 0.717) is 39.3 Å². The minimum atomic E-state index is -1.11. The van der Waals surface area contributed by atoms with E-state index in [1.165, 1.54) is 6.07 Å². The van der Waals surface area contributed by atoms with E-state index in [-0.39, 0.29) is 17.9 Å². The van der Waals surface area contributed by atoms with Crippen LogP contribution in [0.15, 0.2) is 100.0 Å². The number of rotatable bonds is 11. The van der Waals surface area contributed by atoms with Crippen LogP contribution in [-0.2, 0) is 11.2 Å². The van der Waals surface area contributed by atoms with Crippen molar-refractivity contribution in [2.45, 2.75) is 32.6 Å². The van der Waals surface area contributed by atoms with Gasteiger partial charge < -0.3 is 24.4 Å². The van der Waals surface area contributed by atoms with Crippen molar-refractivity contribution in [3.63, 3.8) is 0 Å². The van der Waals surface area contributed by atoms with Gasteiger partial charge in [-0.1, -0.05) is 82.9 Å². The molecule has 0 aliphatic heterocycles. The van der Waals surface area contributed by atoms with E-state index < -0.39 is 11.9 Å². The number of hydrogen-bond acceptors (Lipinski definition) is 7. The number of carboxylic acids is 1. The molecule has 46 heavy (non-hydrogen) atoms. The molecular weight excluding hydrogens is 674 g/mol. The molecule has 0 aliphatic carbocycles. The van der Waals surface area contributed by atoms with Crippen molar-refractivity contribution in [2.75, 3.05) is 19.0 Å². The fraction of sp³-hybridized carbons (Fsp3) is 0.200. The Morgan fingerprint density at radius 3 is 2.39 bits per heavy atom. The number of nitrogens with zero attached hydrogens (tertiary/aromatic N) is 2. The smallest absolute Gasteiger partial charge is 0.337 e. The van der Waals surface area contributed by atoms with E-state index in [9.17, 15) is 14.7 Å². The number of benzene rings is 4. The number of halogens is 2. The number of hydrogen-bond donors (Lipinski definition) is 2. The molecule has 0 aliphatic rings. The second-order valence-corrected chi connectivity index (χ2v) is 11.5. The number of anilines is 1. The molecule has 0 saturated heterocycles. The lowest BCUT2D eigenvalue weighted by Crippen LogP contribution is -2.22. The molecule has 0 saturated carbocycles. The van der Waals surface area contributed by atoms with Gasteiger partial charge in [-0.25, -0.2) is 4.79 Å². The van der Waals surface area contributed by atoms with Crippen LogP contribution in [0.2, 0.25) is 5.02 Å². The van der Waals surface area contributed by atoms with Gasteiger partial charge in [0.05, 0.1) is 24.8 Å². The highest BCUT2D eigenvalue weighted by Crippen LogP contribution is 2.29. The highest BCUT2D eigenvalue weighted by atomic mass is 79.9. The number of nitrogens with one attached hydrogen (secondary N) is 1. The van der Waals surface area contributed by atoms with Crippen LogP contribution in [0, 0.1) is 0 Å². The van der Waals surface area contributed by atoms with Gasteiger partial charge in [0.1, 0.15) is 11.5 Å². The minimum Gasteiger partial charge on any atom is -0.496 e. The summed E-state index contributed by atoms with van der Waals surface area (Å²) < 4.78 is 16.9. The number of para-hydroxylation sites is 2. The first-order chi connectivity index (χ1) is 22.2. The van der Waals surface area contributed by atoms with Crippen LogP contribution in [0.5, 0.6) is 11.5 Å². The van der Waals surface area contributed by atoms with Crippen molar-refractivity contribution in [1.29, 1.82) is 0 Å². The summed E-state index contributed by atoms with van der Waals surface area (Å²) in [6.07, 6.45) is 1.50. The Balaban J connectivity index is 0.000000211. The van der Waals surface area contributed by atoms with Crippen LogP contribution in [-0.4, -0.2) is 40.8 Å². The van der Waals surface area contributed by atoms with E-state index >= 15 is 0 Å². The first-order valence-corrected chi connectivity index (χ1v) is 15.6. The van der Waals surface area contributed by atoms with E-state index in [1.54, 1.807) is 31.4 Å². The summed E-state index contributed by atoms with van der Waals surface area (Å²) in [5.74, 6) is 1.37. The number of carbonyl (C=O) groups is 2. The average molecular weight is 707 g/mol. The third-order valence-corrected chi connectivity index (χ3v) is 7.76. The minimum absolute atomic E-state index is 0.0164. The number of carbonyl (C=O) groups excluding carboxylic acids is 1. The summed E-state index contributed by atoms with van der Waals surface area (Å²) in [6.45, 7) is 4.00. The number of aromatic carboxylic acids is 1.